The molecule has 4 atom stereocenters. The third kappa shape index (κ3) is 6.36. The average molecular weight is 589 g/mol. The standard InChI is InChI=1S/C32H37Cl2F2N3O/c1-31(2,3)17-26-32(4,23-15-12-20(33)16-25(23)35)27(22-8-7-9-24(34)28(22)36)29(38-26)30(40)37-21-13-10-19(11-14-21)18-39(5)6/h7-16,26-27,29,38H,17-18H2,1-6H3,(H,37,40). The van der Waals surface area contributed by atoms with Crippen molar-refractivity contribution in [3.05, 3.63) is 99.0 Å². The van der Waals surface area contributed by atoms with Crippen molar-refractivity contribution in [2.24, 2.45) is 5.41 Å². The van der Waals surface area contributed by atoms with E-state index in [1.54, 1.807) is 24.3 Å². The van der Waals surface area contributed by atoms with Gasteiger partial charge in [-0.05, 0) is 73.0 Å². The van der Waals surface area contributed by atoms with Gasteiger partial charge in [0, 0.05) is 34.6 Å². The SMILES string of the molecule is CN(C)Cc1ccc(NC(=O)C2NC(CC(C)(C)C)C(C)(c3ccc(Cl)cc3F)C2c2cccc(Cl)c2F)cc1. The van der Waals surface area contributed by atoms with Crippen LogP contribution in [0.25, 0.3) is 0 Å². The molecule has 3 aromatic rings. The maximum absolute atomic E-state index is 15.7. The lowest BCUT2D eigenvalue weighted by Gasteiger charge is -2.40. The first-order chi connectivity index (χ1) is 18.7. The summed E-state index contributed by atoms with van der Waals surface area (Å²) in [7, 11) is 3.98. The van der Waals surface area contributed by atoms with Crippen LogP contribution in [-0.4, -0.2) is 37.0 Å². The minimum Gasteiger partial charge on any atom is -0.325 e. The molecule has 0 radical (unpaired) electrons. The third-order valence-electron chi connectivity index (χ3n) is 7.73. The highest BCUT2D eigenvalue weighted by atomic mass is 35.5. The van der Waals surface area contributed by atoms with E-state index < -0.39 is 29.0 Å². The van der Waals surface area contributed by atoms with Gasteiger partial charge in [0.15, 0.2) is 0 Å². The summed E-state index contributed by atoms with van der Waals surface area (Å²) in [6.07, 6.45) is 0.604. The Morgan fingerprint density at radius 3 is 2.33 bits per heavy atom. The zero-order valence-electron chi connectivity index (χ0n) is 23.8. The molecule has 4 rings (SSSR count). The molecule has 1 aliphatic heterocycles. The third-order valence-corrected chi connectivity index (χ3v) is 8.26. The Bertz CT molecular complexity index is 1370. The van der Waals surface area contributed by atoms with Crippen LogP contribution in [0, 0.1) is 17.0 Å². The predicted molar refractivity (Wildman–Crippen MR) is 160 cm³/mol. The number of carbonyl (C=O) groups excluding carboxylic acids is 1. The first-order valence-corrected chi connectivity index (χ1v) is 14.2. The monoisotopic (exact) mass is 587 g/mol. The first kappa shape index (κ1) is 30.4. The fourth-order valence-electron chi connectivity index (χ4n) is 5.98. The van der Waals surface area contributed by atoms with Crippen LogP contribution in [0.1, 0.15) is 56.7 Å². The van der Waals surface area contributed by atoms with Gasteiger partial charge < -0.3 is 15.5 Å². The van der Waals surface area contributed by atoms with Crippen LogP contribution in [-0.2, 0) is 16.8 Å². The molecule has 3 aromatic carbocycles. The zero-order valence-corrected chi connectivity index (χ0v) is 25.3. The Morgan fingerprint density at radius 1 is 1.05 bits per heavy atom. The van der Waals surface area contributed by atoms with Gasteiger partial charge >= 0.3 is 0 Å². The Labute approximate surface area is 246 Å². The van der Waals surface area contributed by atoms with Crippen LogP contribution in [0.2, 0.25) is 10.0 Å². The van der Waals surface area contributed by atoms with Crippen molar-refractivity contribution < 1.29 is 13.6 Å². The predicted octanol–water partition coefficient (Wildman–Crippen LogP) is 7.79. The molecule has 0 saturated carbocycles. The Kier molecular flexibility index (Phi) is 8.96. The lowest BCUT2D eigenvalue weighted by atomic mass is 9.63. The number of carbonyl (C=O) groups is 1. The number of hydrogen-bond donors (Lipinski definition) is 2. The summed E-state index contributed by atoms with van der Waals surface area (Å²) in [6, 6.07) is 15.7. The van der Waals surface area contributed by atoms with Gasteiger partial charge in [-0.15, -0.1) is 0 Å². The molecule has 1 fully saturated rings. The quantitative estimate of drug-likeness (QED) is 0.296. The van der Waals surface area contributed by atoms with Crippen LogP contribution >= 0.6 is 23.2 Å². The highest BCUT2D eigenvalue weighted by molar-refractivity contribution is 6.31. The van der Waals surface area contributed by atoms with Gasteiger partial charge in [0.05, 0.1) is 11.1 Å². The second kappa shape index (κ2) is 11.8. The number of amides is 1. The van der Waals surface area contributed by atoms with Crippen molar-refractivity contribution in [3.63, 3.8) is 0 Å². The van der Waals surface area contributed by atoms with Crippen molar-refractivity contribution in [1.29, 1.82) is 0 Å². The Balaban J connectivity index is 1.83. The van der Waals surface area contributed by atoms with E-state index in [-0.39, 0.29) is 33.0 Å². The van der Waals surface area contributed by atoms with E-state index in [1.165, 1.54) is 12.1 Å². The van der Waals surface area contributed by atoms with Gasteiger partial charge in [-0.3, -0.25) is 4.79 Å². The molecule has 1 heterocycles. The van der Waals surface area contributed by atoms with Gasteiger partial charge in [-0.2, -0.15) is 0 Å². The molecule has 1 saturated heterocycles. The van der Waals surface area contributed by atoms with E-state index in [9.17, 15) is 4.79 Å². The fourth-order valence-corrected chi connectivity index (χ4v) is 6.32. The Hall–Kier alpha value is -2.51. The smallest absolute Gasteiger partial charge is 0.242 e. The topological polar surface area (TPSA) is 44.4 Å². The molecular weight excluding hydrogens is 551 g/mol. The molecule has 0 aliphatic carbocycles. The molecule has 1 aliphatic rings. The van der Waals surface area contributed by atoms with Crippen LogP contribution in [0.5, 0.6) is 0 Å². The molecule has 8 heteroatoms. The molecular formula is C32H37Cl2F2N3O. The van der Waals surface area contributed by atoms with E-state index in [0.29, 0.717) is 17.7 Å². The molecule has 0 aromatic heterocycles. The van der Waals surface area contributed by atoms with Gasteiger partial charge in [0.25, 0.3) is 0 Å². The molecule has 4 unspecified atom stereocenters. The highest BCUT2D eigenvalue weighted by Crippen LogP contribution is 2.52. The minimum atomic E-state index is -1.02. The summed E-state index contributed by atoms with van der Waals surface area (Å²) < 4.78 is 31.4. The van der Waals surface area contributed by atoms with Gasteiger partial charge in [-0.25, -0.2) is 8.78 Å². The number of rotatable bonds is 7. The fraction of sp³-hybridized carbons (Fsp3) is 0.406. The van der Waals surface area contributed by atoms with Crippen molar-refractivity contribution in [2.45, 2.75) is 64.1 Å². The maximum atomic E-state index is 15.7. The van der Waals surface area contributed by atoms with E-state index in [1.807, 2.05) is 45.3 Å². The molecule has 2 N–H and O–H groups in total. The number of hydrogen-bond acceptors (Lipinski definition) is 3. The first-order valence-electron chi connectivity index (χ1n) is 13.4. The van der Waals surface area contributed by atoms with Gasteiger partial charge in [-0.1, -0.05) is 81.2 Å². The summed E-state index contributed by atoms with van der Waals surface area (Å²) in [5, 5.41) is 6.73. The van der Waals surface area contributed by atoms with E-state index in [4.69, 9.17) is 23.2 Å². The maximum Gasteiger partial charge on any atom is 0.242 e. The Morgan fingerprint density at radius 2 is 1.73 bits per heavy atom. The largest absolute Gasteiger partial charge is 0.325 e. The highest BCUT2D eigenvalue weighted by Gasteiger charge is 2.57. The summed E-state index contributed by atoms with van der Waals surface area (Å²) in [5.74, 6) is -2.22. The van der Waals surface area contributed by atoms with Gasteiger partial charge in [0.1, 0.15) is 11.6 Å². The van der Waals surface area contributed by atoms with Crippen LogP contribution in [0.15, 0.2) is 60.7 Å². The van der Waals surface area contributed by atoms with Gasteiger partial charge in [0.2, 0.25) is 5.91 Å². The summed E-state index contributed by atoms with van der Waals surface area (Å²) in [6.45, 7) is 8.94. The minimum absolute atomic E-state index is 0.0497. The summed E-state index contributed by atoms with van der Waals surface area (Å²) in [4.78, 5) is 16.0. The summed E-state index contributed by atoms with van der Waals surface area (Å²) in [5.41, 5.74) is 1.16. The van der Waals surface area contributed by atoms with Crippen molar-refractivity contribution in [3.8, 4) is 0 Å². The van der Waals surface area contributed by atoms with E-state index >= 15 is 8.78 Å². The lowest BCUT2D eigenvalue weighted by molar-refractivity contribution is -0.118. The van der Waals surface area contributed by atoms with Crippen molar-refractivity contribution in [2.75, 3.05) is 19.4 Å². The molecule has 214 valence electrons. The van der Waals surface area contributed by atoms with E-state index in [2.05, 4.69) is 36.3 Å². The second-order valence-corrected chi connectivity index (χ2v) is 13.3. The molecule has 4 nitrogen and oxygen atoms in total. The van der Waals surface area contributed by atoms with Crippen LogP contribution < -0.4 is 10.6 Å². The molecule has 0 spiro atoms. The van der Waals surface area contributed by atoms with Crippen LogP contribution in [0.3, 0.4) is 0 Å². The van der Waals surface area contributed by atoms with Crippen molar-refractivity contribution in [1.82, 2.24) is 10.2 Å². The molecule has 1 amide bonds. The van der Waals surface area contributed by atoms with Crippen molar-refractivity contribution >= 4 is 34.8 Å². The van der Waals surface area contributed by atoms with Crippen LogP contribution in [0.4, 0.5) is 14.5 Å². The number of nitrogens with one attached hydrogen (secondary N) is 2. The molecule has 40 heavy (non-hydrogen) atoms. The molecule has 0 bridgehead atoms. The average Bonchev–Trinajstić information content (AvgIpc) is 3.13. The normalized spacial score (nSPS) is 23.0. The summed E-state index contributed by atoms with van der Waals surface area (Å²) >= 11 is 12.4. The number of nitrogens with zero attached hydrogens (tertiary/aromatic N) is 1. The second-order valence-electron chi connectivity index (χ2n) is 12.4. The number of halogens is 4. The number of benzene rings is 3. The number of anilines is 1. The van der Waals surface area contributed by atoms with E-state index in [0.717, 1.165) is 12.1 Å². The zero-order chi connectivity index (χ0) is 29.4. The lowest BCUT2D eigenvalue weighted by Crippen LogP contribution is -2.44.